The summed E-state index contributed by atoms with van der Waals surface area (Å²) in [6, 6.07) is 2.76. The van der Waals surface area contributed by atoms with Crippen LogP contribution in [0, 0.1) is 29.4 Å². The van der Waals surface area contributed by atoms with Gasteiger partial charge >= 0.3 is 0 Å². The van der Waals surface area contributed by atoms with E-state index in [2.05, 4.69) is 6.92 Å². The molecular formula is C21H29F3O. The zero-order valence-electron chi connectivity index (χ0n) is 15.1. The molecule has 140 valence electrons. The van der Waals surface area contributed by atoms with Gasteiger partial charge in [0.15, 0.2) is 17.4 Å². The lowest BCUT2D eigenvalue weighted by Gasteiger charge is -2.37. The molecule has 0 aromatic heterocycles. The van der Waals surface area contributed by atoms with Crippen LogP contribution in [0.3, 0.4) is 0 Å². The summed E-state index contributed by atoms with van der Waals surface area (Å²) in [5.74, 6) is 0.840. The van der Waals surface area contributed by atoms with Crippen molar-refractivity contribution in [2.75, 3.05) is 13.3 Å². The van der Waals surface area contributed by atoms with Crippen LogP contribution in [0.1, 0.15) is 69.8 Å². The number of hydrogen-bond donors (Lipinski definition) is 0. The topological polar surface area (TPSA) is 9.23 Å². The summed E-state index contributed by atoms with van der Waals surface area (Å²) in [7, 11) is 0. The molecule has 0 N–H and O–H groups in total. The summed E-state index contributed by atoms with van der Waals surface area (Å²) < 4.78 is 45.2. The summed E-state index contributed by atoms with van der Waals surface area (Å²) >= 11 is 0. The normalized spacial score (nSPS) is 30.2. The minimum Gasteiger partial charge on any atom is -0.485 e. The maximum absolute atomic E-state index is 14.1. The van der Waals surface area contributed by atoms with Gasteiger partial charge in [-0.05, 0) is 79.9 Å². The molecule has 2 saturated carbocycles. The van der Waals surface area contributed by atoms with Crippen LogP contribution in [0.25, 0.3) is 0 Å². The monoisotopic (exact) mass is 354 g/mol. The third kappa shape index (κ3) is 4.51. The van der Waals surface area contributed by atoms with E-state index in [9.17, 15) is 13.2 Å². The summed E-state index contributed by atoms with van der Waals surface area (Å²) in [6.07, 6.45) is 9.71. The van der Waals surface area contributed by atoms with Crippen molar-refractivity contribution in [3.8, 4) is 5.75 Å². The van der Waals surface area contributed by atoms with E-state index in [4.69, 9.17) is 4.74 Å². The lowest BCUT2D eigenvalue weighted by atomic mass is 9.68. The molecule has 1 nitrogen and oxygen atoms in total. The van der Waals surface area contributed by atoms with Crippen molar-refractivity contribution in [2.45, 2.75) is 64.2 Å². The Labute approximate surface area is 149 Å². The minimum absolute atomic E-state index is 0.220. The number of hydrogen-bond acceptors (Lipinski definition) is 1. The molecular weight excluding hydrogens is 325 g/mol. The standard InChI is InChI=1S/C21H29F3O/c1-14-2-4-15(5-3-14)16-6-8-17(9-7-16)18-12-19(23)21(20(24)13-18)25-11-10-22/h12-17H,2-11H2,1H3. The van der Waals surface area contributed by atoms with E-state index in [1.165, 1.54) is 37.8 Å². The molecule has 2 fully saturated rings. The third-order valence-electron chi connectivity index (χ3n) is 6.31. The smallest absolute Gasteiger partial charge is 0.190 e. The molecule has 0 atom stereocenters. The Kier molecular flexibility index (Phi) is 6.29. The van der Waals surface area contributed by atoms with E-state index in [0.717, 1.165) is 49.0 Å². The molecule has 0 spiro atoms. The van der Waals surface area contributed by atoms with Crippen molar-refractivity contribution >= 4 is 0 Å². The lowest BCUT2D eigenvalue weighted by Crippen LogP contribution is -2.24. The summed E-state index contributed by atoms with van der Waals surface area (Å²) in [4.78, 5) is 0. The van der Waals surface area contributed by atoms with Crippen molar-refractivity contribution in [2.24, 2.45) is 17.8 Å². The Balaban J connectivity index is 1.59. The molecule has 1 aromatic carbocycles. The number of rotatable bonds is 5. The molecule has 0 saturated heterocycles. The molecule has 0 radical (unpaired) electrons. The predicted octanol–water partition coefficient (Wildman–Crippen LogP) is 6.41. The Bertz CT molecular complexity index is 535. The highest BCUT2D eigenvalue weighted by Crippen LogP contribution is 2.44. The van der Waals surface area contributed by atoms with Crippen molar-refractivity contribution < 1.29 is 17.9 Å². The highest BCUT2D eigenvalue weighted by atomic mass is 19.1. The molecule has 0 unspecified atom stereocenters. The average Bonchev–Trinajstić information content (AvgIpc) is 2.62. The fraction of sp³-hybridized carbons (Fsp3) is 0.714. The Morgan fingerprint density at radius 1 is 0.880 bits per heavy atom. The fourth-order valence-electron chi connectivity index (χ4n) is 4.77. The summed E-state index contributed by atoms with van der Waals surface area (Å²) in [5, 5.41) is 0. The molecule has 4 heteroatoms. The van der Waals surface area contributed by atoms with Gasteiger partial charge in [0, 0.05) is 0 Å². The lowest BCUT2D eigenvalue weighted by molar-refractivity contribution is 0.165. The van der Waals surface area contributed by atoms with E-state index in [-0.39, 0.29) is 12.5 Å². The second-order valence-corrected chi connectivity index (χ2v) is 7.98. The molecule has 3 rings (SSSR count). The summed E-state index contributed by atoms with van der Waals surface area (Å²) in [5.41, 5.74) is 0.721. The van der Waals surface area contributed by atoms with Gasteiger partial charge in [0.2, 0.25) is 0 Å². The van der Waals surface area contributed by atoms with Gasteiger partial charge in [-0.3, -0.25) is 0 Å². The number of benzene rings is 1. The van der Waals surface area contributed by atoms with Crippen LogP contribution in [0.15, 0.2) is 12.1 Å². The Morgan fingerprint density at radius 3 is 1.92 bits per heavy atom. The largest absolute Gasteiger partial charge is 0.485 e. The molecule has 2 aliphatic rings. The van der Waals surface area contributed by atoms with Gasteiger partial charge in [0.25, 0.3) is 0 Å². The van der Waals surface area contributed by atoms with Crippen molar-refractivity contribution in [3.63, 3.8) is 0 Å². The first-order valence-corrected chi connectivity index (χ1v) is 9.76. The van der Waals surface area contributed by atoms with Gasteiger partial charge in [-0.25, -0.2) is 13.2 Å². The van der Waals surface area contributed by atoms with Gasteiger partial charge in [0.05, 0.1) is 0 Å². The highest BCUT2D eigenvalue weighted by molar-refractivity contribution is 5.33. The van der Waals surface area contributed by atoms with Crippen LogP contribution >= 0.6 is 0 Å². The van der Waals surface area contributed by atoms with Crippen LogP contribution in [0.2, 0.25) is 0 Å². The molecule has 2 aliphatic carbocycles. The van der Waals surface area contributed by atoms with Gasteiger partial charge in [-0.1, -0.05) is 19.8 Å². The van der Waals surface area contributed by atoms with E-state index in [1.807, 2.05) is 0 Å². The molecule has 0 amide bonds. The van der Waals surface area contributed by atoms with Crippen molar-refractivity contribution in [1.29, 1.82) is 0 Å². The molecule has 0 bridgehead atoms. The van der Waals surface area contributed by atoms with Crippen LogP contribution < -0.4 is 4.74 Å². The molecule has 25 heavy (non-hydrogen) atoms. The molecule has 1 aromatic rings. The summed E-state index contributed by atoms with van der Waals surface area (Å²) in [6.45, 7) is 1.26. The van der Waals surface area contributed by atoms with Gasteiger partial charge in [0.1, 0.15) is 13.3 Å². The van der Waals surface area contributed by atoms with Crippen LogP contribution in [0.4, 0.5) is 13.2 Å². The highest BCUT2D eigenvalue weighted by Gasteiger charge is 2.31. The SMILES string of the molecule is CC1CCC(C2CCC(c3cc(F)c(OCCF)c(F)c3)CC2)CC1. The number of ether oxygens (including phenoxy) is 1. The van der Waals surface area contributed by atoms with E-state index in [1.54, 1.807) is 0 Å². The zero-order chi connectivity index (χ0) is 17.8. The first kappa shape index (κ1) is 18.6. The second kappa shape index (κ2) is 8.46. The Hall–Kier alpha value is -1.19. The maximum Gasteiger partial charge on any atom is 0.190 e. The predicted molar refractivity (Wildman–Crippen MR) is 93.6 cm³/mol. The third-order valence-corrected chi connectivity index (χ3v) is 6.31. The second-order valence-electron chi connectivity index (χ2n) is 7.98. The molecule has 0 aliphatic heterocycles. The van der Waals surface area contributed by atoms with Crippen LogP contribution in [-0.4, -0.2) is 13.3 Å². The van der Waals surface area contributed by atoms with E-state index < -0.39 is 24.1 Å². The minimum atomic E-state index is -0.759. The van der Waals surface area contributed by atoms with Crippen LogP contribution in [-0.2, 0) is 0 Å². The van der Waals surface area contributed by atoms with Crippen LogP contribution in [0.5, 0.6) is 5.75 Å². The first-order chi connectivity index (χ1) is 12.1. The maximum atomic E-state index is 14.1. The fourth-order valence-corrected chi connectivity index (χ4v) is 4.77. The quantitative estimate of drug-likeness (QED) is 0.593. The van der Waals surface area contributed by atoms with E-state index >= 15 is 0 Å². The number of alkyl halides is 1. The van der Waals surface area contributed by atoms with Gasteiger partial charge in [-0.15, -0.1) is 0 Å². The van der Waals surface area contributed by atoms with Crippen molar-refractivity contribution in [3.05, 3.63) is 29.3 Å². The molecule has 0 heterocycles. The zero-order valence-corrected chi connectivity index (χ0v) is 15.1. The van der Waals surface area contributed by atoms with Gasteiger partial charge in [-0.2, -0.15) is 0 Å². The first-order valence-electron chi connectivity index (χ1n) is 9.76. The average molecular weight is 354 g/mol. The van der Waals surface area contributed by atoms with Crippen molar-refractivity contribution in [1.82, 2.24) is 0 Å². The van der Waals surface area contributed by atoms with E-state index in [0.29, 0.717) is 0 Å². The van der Waals surface area contributed by atoms with Gasteiger partial charge < -0.3 is 4.74 Å². The number of halogens is 3. The Morgan fingerprint density at radius 2 is 1.40 bits per heavy atom.